The van der Waals surface area contributed by atoms with Crippen LogP contribution in [0.1, 0.15) is 38.8 Å². The summed E-state index contributed by atoms with van der Waals surface area (Å²) in [4.78, 5) is 26.1. The summed E-state index contributed by atoms with van der Waals surface area (Å²) in [5.74, 6) is -0.126. The van der Waals surface area contributed by atoms with Crippen molar-refractivity contribution >= 4 is 23.6 Å². The van der Waals surface area contributed by atoms with E-state index in [4.69, 9.17) is 0 Å². The Hall–Kier alpha value is -1.33. The molecule has 20 heavy (non-hydrogen) atoms. The van der Waals surface area contributed by atoms with Crippen LogP contribution in [0.25, 0.3) is 0 Å². The quantitative estimate of drug-likeness (QED) is 0.863. The van der Waals surface area contributed by atoms with Crippen LogP contribution < -0.4 is 0 Å². The Labute approximate surface area is 123 Å². The van der Waals surface area contributed by atoms with Gasteiger partial charge >= 0.3 is 0 Å². The molecule has 1 unspecified atom stereocenters. The highest BCUT2D eigenvalue weighted by Gasteiger charge is 2.40. The van der Waals surface area contributed by atoms with Gasteiger partial charge in [0.15, 0.2) is 0 Å². The third kappa shape index (κ3) is 2.47. The average Bonchev–Trinajstić information content (AvgIpc) is 2.59. The fourth-order valence-corrected chi connectivity index (χ4v) is 3.28. The molecule has 108 valence electrons. The fourth-order valence-electron chi connectivity index (χ4n) is 2.57. The van der Waals surface area contributed by atoms with Gasteiger partial charge in [0.1, 0.15) is 0 Å². The second-order valence-electron chi connectivity index (χ2n) is 5.58. The number of imide groups is 1. The predicted molar refractivity (Wildman–Crippen MR) is 80.3 cm³/mol. The van der Waals surface area contributed by atoms with Crippen molar-refractivity contribution in [2.45, 2.75) is 26.4 Å². The molecule has 2 rings (SSSR count). The molecule has 4 nitrogen and oxygen atoms in total. The first kappa shape index (κ1) is 15.1. The van der Waals surface area contributed by atoms with Crippen molar-refractivity contribution in [2.24, 2.45) is 0 Å². The molecular weight excluding hydrogens is 274 g/mol. The van der Waals surface area contributed by atoms with E-state index >= 15 is 0 Å². The lowest BCUT2D eigenvalue weighted by atomic mass is 9.99. The van der Waals surface area contributed by atoms with E-state index in [-0.39, 0.29) is 18.4 Å². The van der Waals surface area contributed by atoms with Crippen LogP contribution in [0.4, 0.5) is 0 Å². The number of hydrogen-bond acceptors (Lipinski definition) is 4. The number of thioether (sulfide) groups is 1. The third-order valence-corrected chi connectivity index (χ3v) is 4.40. The van der Waals surface area contributed by atoms with Crippen molar-refractivity contribution in [2.75, 3.05) is 18.6 Å². The van der Waals surface area contributed by atoms with Gasteiger partial charge in [-0.1, -0.05) is 12.1 Å². The Morgan fingerprint density at radius 3 is 2.00 bits per heavy atom. The van der Waals surface area contributed by atoms with Gasteiger partial charge in [-0.2, -0.15) is 11.8 Å². The minimum Gasteiger partial charge on any atom is -0.387 e. The minimum atomic E-state index is -1.07. The number of benzene rings is 1. The van der Waals surface area contributed by atoms with Crippen molar-refractivity contribution in [1.29, 1.82) is 0 Å². The lowest BCUT2D eigenvalue weighted by Crippen LogP contribution is -2.45. The molecule has 0 bridgehead atoms. The SMILES string of the molecule is CSCC(C)(O)CN1C(=O)c2c(C)ccc(C)c2C1=O. The van der Waals surface area contributed by atoms with Crippen molar-refractivity contribution in [1.82, 2.24) is 4.90 Å². The monoisotopic (exact) mass is 293 g/mol. The Balaban J connectivity index is 2.38. The molecule has 1 aliphatic rings. The number of carbonyl (C=O) groups excluding carboxylic acids is 2. The number of amides is 2. The molecule has 0 radical (unpaired) electrons. The number of aliphatic hydroxyl groups is 1. The molecule has 5 heteroatoms. The predicted octanol–water partition coefficient (Wildman–Crippen LogP) is 2.01. The summed E-state index contributed by atoms with van der Waals surface area (Å²) in [7, 11) is 0. The van der Waals surface area contributed by atoms with Gasteiger partial charge in [0.25, 0.3) is 11.8 Å². The van der Waals surface area contributed by atoms with Crippen LogP contribution in [0.3, 0.4) is 0 Å². The van der Waals surface area contributed by atoms with Gasteiger partial charge in [-0.25, -0.2) is 0 Å². The Bertz CT molecular complexity index is 540. The van der Waals surface area contributed by atoms with Gasteiger partial charge < -0.3 is 5.11 Å². The van der Waals surface area contributed by atoms with Gasteiger partial charge in [0, 0.05) is 5.75 Å². The van der Waals surface area contributed by atoms with Crippen LogP contribution in [0.2, 0.25) is 0 Å². The van der Waals surface area contributed by atoms with Crippen LogP contribution in [0, 0.1) is 13.8 Å². The van der Waals surface area contributed by atoms with Crippen LogP contribution in [0.5, 0.6) is 0 Å². The van der Waals surface area contributed by atoms with Crippen LogP contribution >= 0.6 is 11.8 Å². The van der Waals surface area contributed by atoms with Crippen LogP contribution in [0.15, 0.2) is 12.1 Å². The number of β-amino-alcohol motifs (C(OH)–C–C–N with tert-alkyl or cyclic N) is 1. The number of carbonyl (C=O) groups is 2. The van der Waals surface area contributed by atoms with E-state index in [2.05, 4.69) is 0 Å². The Kier molecular flexibility index (Phi) is 3.93. The molecule has 1 aromatic rings. The lowest BCUT2D eigenvalue weighted by Gasteiger charge is -2.27. The molecule has 1 heterocycles. The molecule has 0 aliphatic carbocycles. The van der Waals surface area contributed by atoms with Gasteiger partial charge in [-0.3, -0.25) is 14.5 Å². The van der Waals surface area contributed by atoms with Gasteiger partial charge in [-0.05, 0) is 38.2 Å². The number of hydrogen-bond donors (Lipinski definition) is 1. The summed E-state index contributed by atoms with van der Waals surface area (Å²) in [5, 5.41) is 10.3. The maximum atomic E-state index is 12.4. The smallest absolute Gasteiger partial charge is 0.261 e. The van der Waals surface area contributed by atoms with E-state index in [9.17, 15) is 14.7 Å². The van der Waals surface area contributed by atoms with E-state index in [1.165, 1.54) is 16.7 Å². The second kappa shape index (κ2) is 5.22. The number of nitrogens with zero attached hydrogens (tertiary/aromatic N) is 1. The molecule has 1 atom stereocenters. The average molecular weight is 293 g/mol. The van der Waals surface area contributed by atoms with E-state index in [0.29, 0.717) is 16.9 Å². The summed E-state index contributed by atoms with van der Waals surface area (Å²) >= 11 is 1.49. The minimum absolute atomic E-state index is 0.0269. The van der Waals surface area contributed by atoms with Gasteiger partial charge in [0.2, 0.25) is 0 Å². The summed E-state index contributed by atoms with van der Waals surface area (Å²) < 4.78 is 0. The Morgan fingerprint density at radius 2 is 1.60 bits per heavy atom. The molecular formula is C15H19NO3S. The fraction of sp³-hybridized carbons (Fsp3) is 0.467. The molecule has 2 amide bonds. The zero-order valence-corrected chi connectivity index (χ0v) is 13.0. The second-order valence-corrected chi connectivity index (χ2v) is 6.44. The van der Waals surface area contributed by atoms with Gasteiger partial charge in [0.05, 0.1) is 23.3 Å². The van der Waals surface area contributed by atoms with Crippen molar-refractivity contribution in [3.8, 4) is 0 Å². The first-order chi connectivity index (χ1) is 9.28. The molecule has 1 aromatic carbocycles. The standard InChI is InChI=1S/C15H19NO3S/c1-9-5-6-10(2)12-11(9)13(17)16(14(12)18)7-15(3,19)8-20-4/h5-6,19H,7-8H2,1-4H3. The third-order valence-electron chi connectivity index (χ3n) is 3.49. The highest BCUT2D eigenvalue weighted by molar-refractivity contribution is 7.98. The largest absolute Gasteiger partial charge is 0.387 e. The van der Waals surface area contributed by atoms with E-state index in [1.54, 1.807) is 6.92 Å². The maximum Gasteiger partial charge on any atom is 0.261 e. The van der Waals surface area contributed by atoms with Crippen molar-refractivity contribution in [3.05, 3.63) is 34.4 Å². The summed E-state index contributed by atoms with van der Waals surface area (Å²) in [6, 6.07) is 3.70. The normalized spacial score (nSPS) is 17.4. The molecule has 0 saturated heterocycles. The number of fused-ring (bicyclic) bond motifs is 1. The van der Waals surface area contributed by atoms with Crippen LogP contribution in [-0.4, -0.2) is 46.0 Å². The Morgan fingerprint density at radius 1 is 1.15 bits per heavy atom. The van der Waals surface area contributed by atoms with E-state index in [1.807, 2.05) is 32.2 Å². The summed E-state index contributed by atoms with van der Waals surface area (Å²) in [5.41, 5.74) is 1.49. The zero-order valence-electron chi connectivity index (χ0n) is 12.2. The van der Waals surface area contributed by atoms with Crippen molar-refractivity contribution < 1.29 is 14.7 Å². The molecule has 1 aliphatic heterocycles. The number of rotatable bonds is 4. The highest BCUT2D eigenvalue weighted by atomic mass is 32.2. The maximum absolute atomic E-state index is 12.4. The number of aryl methyl sites for hydroxylation is 2. The van der Waals surface area contributed by atoms with Crippen molar-refractivity contribution in [3.63, 3.8) is 0 Å². The first-order valence-electron chi connectivity index (χ1n) is 6.46. The molecule has 1 N–H and O–H groups in total. The molecule has 0 fully saturated rings. The highest BCUT2D eigenvalue weighted by Crippen LogP contribution is 2.30. The van der Waals surface area contributed by atoms with Gasteiger partial charge in [-0.15, -0.1) is 0 Å². The van der Waals surface area contributed by atoms with Crippen LogP contribution in [-0.2, 0) is 0 Å². The molecule has 0 saturated carbocycles. The summed E-state index contributed by atoms with van der Waals surface area (Å²) in [6.07, 6.45) is 1.88. The molecule has 0 spiro atoms. The van der Waals surface area contributed by atoms with E-state index < -0.39 is 5.60 Å². The summed E-state index contributed by atoms with van der Waals surface area (Å²) in [6.45, 7) is 5.33. The first-order valence-corrected chi connectivity index (χ1v) is 7.85. The molecule has 0 aromatic heterocycles. The zero-order chi connectivity index (χ0) is 15.1. The lowest BCUT2D eigenvalue weighted by molar-refractivity contribution is 0.0320. The topological polar surface area (TPSA) is 57.6 Å². The van der Waals surface area contributed by atoms with E-state index in [0.717, 1.165) is 11.1 Å².